The van der Waals surface area contributed by atoms with E-state index >= 15 is 0 Å². The predicted octanol–water partition coefficient (Wildman–Crippen LogP) is 26.1. The van der Waals surface area contributed by atoms with Crippen LogP contribution in [0.3, 0.4) is 0 Å². The molecule has 0 spiro atoms. The minimum atomic E-state index is -4.96. The van der Waals surface area contributed by atoms with E-state index in [0.717, 1.165) is 120 Å². The van der Waals surface area contributed by atoms with Gasteiger partial charge in [0.05, 0.1) is 26.4 Å². The first-order valence-electron chi connectivity index (χ1n) is 44.4. The fraction of sp³-hybridized carbons (Fsp3) is 0.953. The molecule has 0 aliphatic heterocycles. The highest BCUT2D eigenvalue weighted by Gasteiger charge is 2.30. The summed E-state index contributed by atoms with van der Waals surface area (Å²) in [6.07, 6.45) is 66.7. The highest BCUT2D eigenvalue weighted by atomic mass is 31.2. The molecule has 0 bridgehead atoms. The Bertz CT molecular complexity index is 2030. The number of carbonyl (C=O) groups excluding carboxylic acids is 4. The lowest BCUT2D eigenvalue weighted by atomic mass is 9.99. The Kier molecular flexibility index (Phi) is 74.7. The van der Waals surface area contributed by atoms with Crippen molar-refractivity contribution < 1.29 is 80.2 Å². The smallest absolute Gasteiger partial charge is 0.462 e. The van der Waals surface area contributed by atoms with Gasteiger partial charge in [0.1, 0.15) is 19.3 Å². The Labute approximate surface area is 645 Å². The zero-order chi connectivity index (χ0) is 77.2. The lowest BCUT2D eigenvalue weighted by Crippen LogP contribution is -2.30. The van der Waals surface area contributed by atoms with Crippen LogP contribution in [0.5, 0.6) is 0 Å². The van der Waals surface area contributed by atoms with Crippen molar-refractivity contribution in [2.45, 2.75) is 471 Å². The Balaban J connectivity index is 5.16. The van der Waals surface area contributed by atoms with Gasteiger partial charge in [-0.1, -0.05) is 402 Å². The van der Waals surface area contributed by atoms with Gasteiger partial charge in [0.2, 0.25) is 0 Å². The van der Waals surface area contributed by atoms with Crippen molar-refractivity contribution in [1.82, 2.24) is 0 Å². The van der Waals surface area contributed by atoms with Gasteiger partial charge in [-0.3, -0.25) is 37.3 Å². The molecule has 624 valence electrons. The highest BCUT2D eigenvalue weighted by Crippen LogP contribution is 2.45. The summed E-state index contributed by atoms with van der Waals surface area (Å²) in [4.78, 5) is 73.1. The summed E-state index contributed by atoms with van der Waals surface area (Å²) in [5.41, 5.74) is 0. The first-order valence-corrected chi connectivity index (χ1v) is 47.4. The van der Waals surface area contributed by atoms with Crippen molar-refractivity contribution in [2.24, 2.45) is 17.8 Å². The third-order valence-electron chi connectivity index (χ3n) is 20.9. The molecule has 0 aromatic carbocycles. The summed E-state index contributed by atoms with van der Waals surface area (Å²) in [5, 5.41) is 10.7. The number of carbonyl (C=O) groups is 4. The topological polar surface area (TPSA) is 237 Å². The molecule has 0 amide bonds. The molecule has 0 saturated carbocycles. The van der Waals surface area contributed by atoms with E-state index in [1.807, 2.05) is 0 Å². The lowest BCUT2D eigenvalue weighted by Gasteiger charge is -2.21. The fourth-order valence-electron chi connectivity index (χ4n) is 13.3. The van der Waals surface area contributed by atoms with E-state index in [9.17, 15) is 43.2 Å². The molecule has 0 heterocycles. The van der Waals surface area contributed by atoms with E-state index < -0.39 is 97.5 Å². The van der Waals surface area contributed by atoms with Gasteiger partial charge >= 0.3 is 39.5 Å². The molecule has 0 saturated heterocycles. The molecular weight excluding hydrogens is 1370 g/mol. The fourth-order valence-corrected chi connectivity index (χ4v) is 14.9. The molecule has 0 radical (unpaired) electrons. The lowest BCUT2D eigenvalue weighted by molar-refractivity contribution is -0.161. The van der Waals surface area contributed by atoms with Crippen LogP contribution in [0.15, 0.2) is 0 Å². The number of aliphatic hydroxyl groups is 1. The maximum atomic E-state index is 13.1. The van der Waals surface area contributed by atoms with Crippen molar-refractivity contribution in [3.8, 4) is 0 Å². The molecule has 17 nitrogen and oxygen atoms in total. The monoisotopic (exact) mass is 1540 g/mol. The Morgan fingerprint density at radius 2 is 0.486 bits per heavy atom. The number of hydrogen-bond donors (Lipinski definition) is 3. The number of aliphatic hydroxyl groups excluding tert-OH is 1. The second-order valence-electron chi connectivity index (χ2n) is 31.9. The van der Waals surface area contributed by atoms with Gasteiger partial charge in [0, 0.05) is 25.7 Å². The first-order chi connectivity index (χ1) is 50.8. The number of esters is 4. The van der Waals surface area contributed by atoms with Crippen LogP contribution in [0, 0.1) is 17.8 Å². The van der Waals surface area contributed by atoms with E-state index in [4.69, 9.17) is 37.0 Å². The minimum Gasteiger partial charge on any atom is -0.462 e. The van der Waals surface area contributed by atoms with Gasteiger partial charge in [-0.25, -0.2) is 9.13 Å². The highest BCUT2D eigenvalue weighted by molar-refractivity contribution is 7.47. The largest absolute Gasteiger partial charge is 0.472 e. The average Bonchev–Trinajstić information content (AvgIpc) is 0.922. The maximum absolute atomic E-state index is 13.1. The molecule has 105 heavy (non-hydrogen) atoms. The van der Waals surface area contributed by atoms with Crippen LogP contribution >= 0.6 is 15.6 Å². The zero-order valence-corrected chi connectivity index (χ0v) is 71.0. The van der Waals surface area contributed by atoms with Crippen molar-refractivity contribution >= 4 is 39.5 Å². The van der Waals surface area contributed by atoms with E-state index in [1.54, 1.807) is 0 Å². The summed E-state index contributed by atoms with van der Waals surface area (Å²) in [6.45, 7) is 12.1. The minimum absolute atomic E-state index is 0.107. The summed E-state index contributed by atoms with van der Waals surface area (Å²) < 4.78 is 68.8. The average molecular weight is 1540 g/mol. The van der Waals surface area contributed by atoms with Crippen molar-refractivity contribution in [2.75, 3.05) is 39.6 Å². The number of phosphoric acid groups is 2. The molecule has 0 rings (SSSR count). The maximum Gasteiger partial charge on any atom is 0.472 e. The number of ether oxygens (including phenoxy) is 4. The van der Waals surface area contributed by atoms with Crippen LogP contribution in [0.2, 0.25) is 0 Å². The van der Waals surface area contributed by atoms with Crippen molar-refractivity contribution in [1.29, 1.82) is 0 Å². The van der Waals surface area contributed by atoms with Crippen LogP contribution < -0.4 is 0 Å². The molecule has 0 aliphatic rings. The van der Waals surface area contributed by atoms with E-state index in [1.165, 1.54) is 250 Å². The van der Waals surface area contributed by atoms with Gasteiger partial charge in [-0.05, 0) is 43.4 Å². The summed E-state index contributed by atoms with van der Waals surface area (Å²) >= 11 is 0. The number of unbranched alkanes of at least 4 members (excludes halogenated alkanes) is 50. The van der Waals surface area contributed by atoms with E-state index in [2.05, 4.69) is 48.5 Å². The van der Waals surface area contributed by atoms with Crippen LogP contribution in [0.4, 0.5) is 0 Å². The first kappa shape index (κ1) is 103. The Morgan fingerprint density at radius 1 is 0.276 bits per heavy atom. The van der Waals surface area contributed by atoms with Gasteiger partial charge in [-0.15, -0.1) is 0 Å². The third-order valence-corrected chi connectivity index (χ3v) is 22.8. The number of hydrogen-bond acceptors (Lipinski definition) is 15. The Hall–Kier alpha value is -1.94. The van der Waals surface area contributed by atoms with Gasteiger partial charge in [0.25, 0.3) is 0 Å². The molecular formula is C86H168O17P2. The van der Waals surface area contributed by atoms with Gasteiger partial charge in [0.15, 0.2) is 12.2 Å². The molecule has 19 heteroatoms. The molecule has 0 aromatic rings. The zero-order valence-electron chi connectivity index (χ0n) is 69.2. The van der Waals surface area contributed by atoms with E-state index in [0.29, 0.717) is 25.7 Å². The van der Waals surface area contributed by atoms with Crippen LogP contribution in [0.25, 0.3) is 0 Å². The summed E-state index contributed by atoms with van der Waals surface area (Å²) in [5.74, 6) is 0.414. The van der Waals surface area contributed by atoms with Crippen LogP contribution in [0.1, 0.15) is 453 Å². The number of phosphoric ester groups is 2. The predicted molar refractivity (Wildman–Crippen MR) is 432 cm³/mol. The van der Waals surface area contributed by atoms with Crippen molar-refractivity contribution in [3.05, 3.63) is 0 Å². The van der Waals surface area contributed by atoms with Gasteiger partial charge < -0.3 is 33.8 Å². The molecule has 4 unspecified atom stereocenters. The van der Waals surface area contributed by atoms with E-state index in [-0.39, 0.29) is 25.7 Å². The third kappa shape index (κ3) is 77.2. The Morgan fingerprint density at radius 3 is 0.724 bits per heavy atom. The van der Waals surface area contributed by atoms with Crippen molar-refractivity contribution in [3.63, 3.8) is 0 Å². The standard InChI is InChI=1S/C86H168O17P2/c1-8-11-12-13-43-53-60-67-83(88)96-73-81(102-85(90)69-63-56-49-42-36-30-24-23-27-33-39-46-52-59-66-79(7)10-3)75-100-104(92,93)98-71-80(87)72-99-105(94,95)101-76-82(74-97-84(89)68-61-54-47-40-34-28-22-18-19-25-31-37-44-50-57-64-77(4)5)103-86(91)70-62-55-48-41-35-29-21-17-15-14-16-20-26-32-38-45-51-58-65-78(6)9-2/h77-82,87H,8-76H2,1-7H3,(H,92,93)(H,94,95)/t78?,79?,80-,81+,82+/m0/s1. The molecule has 0 aromatic heterocycles. The van der Waals surface area contributed by atoms with Crippen LogP contribution in [-0.4, -0.2) is 96.7 Å². The number of rotatable bonds is 84. The molecule has 0 fully saturated rings. The SMILES string of the molecule is CCCCCCCCCC(=O)OC[C@H](COP(=O)(O)OC[C@H](O)COP(=O)(O)OC[C@@H](COC(=O)CCCCCCCCCCCCCCCCCC(C)C)OC(=O)CCCCCCCCCCCCCCCCCCCCC(C)CC)OC(=O)CCCCCCCCCCCCCCCCC(C)CC. The molecule has 7 atom stereocenters. The van der Waals surface area contributed by atoms with Gasteiger partial charge in [-0.2, -0.15) is 0 Å². The second-order valence-corrected chi connectivity index (χ2v) is 34.8. The normalized spacial score (nSPS) is 14.4. The molecule has 0 aliphatic carbocycles. The summed E-state index contributed by atoms with van der Waals surface area (Å²) in [7, 11) is -9.92. The quantitative estimate of drug-likeness (QED) is 0.0222. The van der Waals surface area contributed by atoms with Crippen LogP contribution in [-0.2, 0) is 65.4 Å². The second kappa shape index (κ2) is 76.1. The summed E-state index contributed by atoms with van der Waals surface area (Å²) in [6, 6.07) is 0. The molecule has 3 N–H and O–H groups in total.